The normalized spacial score (nSPS) is 11.8. The molecule has 2 amide bonds. The molecule has 1 unspecified atom stereocenters. The van der Waals surface area contributed by atoms with Gasteiger partial charge in [0, 0.05) is 13.0 Å². The number of hydrogen-bond acceptors (Lipinski definition) is 3. The van der Waals surface area contributed by atoms with Crippen LogP contribution in [0.3, 0.4) is 0 Å². The highest BCUT2D eigenvalue weighted by atomic mass is 16.2. The summed E-state index contributed by atoms with van der Waals surface area (Å²) >= 11 is 0. The summed E-state index contributed by atoms with van der Waals surface area (Å²) in [6.07, 6.45) is 1.06. The van der Waals surface area contributed by atoms with Gasteiger partial charge in [0.2, 0.25) is 11.8 Å². The van der Waals surface area contributed by atoms with Crippen molar-refractivity contribution in [2.75, 3.05) is 19.6 Å². The maximum atomic E-state index is 11.7. The number of carbonyl (C=O) groups is 2. The minimum atomic E-state index is -0.181. The van der Waals surface area contributed by atoms with Gasteiger partial charge in [-0.25, -0.2) is 0 Å². The van der Waals surface area contributed by atoms with Crippen LogP contribution in [0.25, 0.3) is 0 Å². The minimum Gasteiger partial charge on any atom is -0.354 e. The van der Waals surface area contributed by atoms with E-state index in [-0.39, 0.29) is 24.3 Å². The van der Waals surface area contributed by atoms with Gasteiger partial charge < -0.3 is 16.4 Å². The fraction of sp³-hybridized carbons (Fsp3) is 0.500. The molecule has 0 bridgehead atoms. The number of hydrogen-bond donors (Lipinski definition) is 3. The highest BCUT2D eigenvalue weighted by Crippen LogP contribution is 2.05. The Morgan fingerprint density at radius 3 is 2.43 bits per heavy atom. The van der Waals surface area contributed by atoms with E-state index >= 15 is 0 Å². The Labute approximate surface area is 126 Å². The second kappa shape index (κ2) is 9.13. The summed E-state index contributed by atoms with van der Waals surface area (Å²) in [5.74, 6) is -0.0530. The minimum absolute atomic E-state index is 0.0179. The van der Waals surface area contributed by atoms with Crippen molar-refractivity contribution in [3.05, 3.63) is 35.4 Å². The quantitative estimate of drug-likeness (QED) is 0.661. The lowest BCUT2D eigenvalue weighted by atomic mass is 10.1. The van der Waals surface area contributed by atoms with Crippen molar-refractivity contribution in [2.24, 2.45) is 11.7 Å². The molecule has 5 nitrogen and oxygen atoms in total. The molecule has 4 N–H and O–H groups in total. The van der Waals surface area contributed by atoms with Gasteiger partial charge in [-0.2, -0.15) is 0 Å². The molecule has 1 rings (SSSR count). The van der Waals surface area contributed by atoms with Crippen LogP contribution in [0.4, 0.5) is 0 Å². The number of amides is 2. The van der Waals surface area contributed by atoms with Gasteiger partial charge in [0.15, 0.2) is 0 Å². The van der Waals surface area contributed by atoms with E-state index in [1.165, 1.54) is 5.56 Å². The van der Waals surface area contributed by atoms with Gasteiger partial charge in [-0.15, -0.1) is 0 Å². The molecule has 5 heteroatoms. The second-order valence-electron chi connectivity index (χ2n) is 5.41. The summed E-state index contributed by atoms with van der Waals surface area (Å²) in [6, 6.07) is 8.09. The molecule has 0 spiro atoms. The van der Waals surface area contributed by atoms with Crippen LogP contribution in [0.2, 0.25) is 0 Å². The van der Waals surface area contributed by atoms with E-state index in [4.69, 9.17) is 5.73 Å². The second-order valence-corrected chi connectivity index (χ2v) is 5.41. The van der Waals surface area contributed by atoms with E-state index in [0.717, 1.165) is 5.56 Å². The predicted octanol–water partition coefficient (Wildman–Crippen LogP) is 0.755. The van der Waals surface area contributed by atoms with E-state index < -0.39 is 0 Å². The van der Waals surface area contributed by atoms with Crippen molar-refractivity contribution in [3.8, 4) is 0 Å². The van der Waals surface area contributed by atoms with E-state index in [2.05, 4.69) is 10.6 Å². The topological polar surface area (TPSA) is 84.2 Å². The first-order chi connectivity index (χ1) is 10.0. The molecule has 0 aliphatic carbocycles. The first kappa shape index (κ1) is 17.2. The fourth-order valence-corrected chi connectivity index (χ4v) is 1.71. The van der Waals surface area contributed by atoms with E-state index in [1.54, 1.807) is 0 Å². The van der Waals surface area contributed by atoms with E-state index in [9.17, 15) is 9.59 Å². The maximum Gasteiger partial charge on any atom is 0.239 e. The average molecular weight is 291 g/mol. The molecule has 0 aliphatic rings. The van der Waals surface area contributed by atoms with Crippen molar-refractivity contribution in [1.29, 1.82) is 0 Å². The summed E-state index contributed by atoms with van der Waals surface area (Å²) in [5, 5.41) is 5.36. The molecule has 0 radical (unpaired) electrons. The zero-order valence-corrected chi connectivity index (χ0v) is 12.8. The third-order valence-corrected chi connectivity index (χ3v) is 3.26. The van der Waals surface area contributed by atoms with Crippen molar-refractivity contribution in [1.82, 2.24) is 10.6 Å². The number of nitrogens with one attached hydrogen (secondary N) is 2. The van der Waals surface area contributed by atoms with Gasteiger partial charge in [0.25, 0.3) is 0 Å². The molecule has 0 saturated carbocycles. The van der Waals surface area contributed by atoms with Crippen LogP contribution in [0.5, 0.6) is 0 Å². The molecule has 1 atom stereocenters. The molecule has 0 heterocycles. The lowest BCUT2D eigenvalue weighted by Crippen LogP contribution is -2.39. The summed E-state index contributed by atoms with van der Waals surface area (Å²) in [5.41, 5.74) is 7.79. The summed E-state index contributed by atoms with van der Waals surface area (Å²) in [6.45, 7) is 5.07. The van der Waals surface area contributed by atoms with Crippen molar-refractivity contribution in [2.45, 2.75) is 26.7 Å². The largest absolute Gasteiger partial charge is 0.354 e. The smallest absolute Gasteiger partial charge is 0.239 e. The van der Waals surface area contributed by atoms with Crippen molar-refractivity contribution < 1.29 is 9.59 Å². The van der Waals surface area contributed by atoms with E-state index in [1.807, 2.05) is 38.1 Å². The van der Waals surface area contributed by atoms with Gasteiger partial charge in [-0.05, 0) is 31.4 Å². The van der Waals surface area contributed by atoms with Crippen LogP contribution in [0.1, 0.15) is 24.5 Å². The average Bonchev–Trinajstić information content (AvgIpc) is 2.49. The SMILES string of the molecule is Cc1ccc(CCC(=O)NCC(=O)NCC(C)CN)cc1. The Hall–Kier alpha value is -1.88. The van der Waals surface area contributed by atoms with Crippen LogP contribution in [-0.2, 0) is 16.0 Å². The molecule has 1 aromatic rings. The van der Waals surface area contributed by atoms with Gasteiger partial charge in [-0.1, -0.05) is 36.8 Å². The number of nitrogens with two attached hydrogens (primary N) is 1. The Kier molecular flexibility index (Phi) is 7.46. The number of aryl methyl sites for hydroxylation is 2. The summed E-state index contributed by atoms with van der Waals surface area (Å²) in [4.78, 5) is 23.2. The van der Waals surface area contributed by atoms with Crippen LogP contribution in [0.15, 0.2) is 24.3 Å². The van der Waals surface area contributed by atoms with Gasteiger partial charge in [-0.3, -0.25) is 9.59 Å². The monoisotopic (exact) mass is 291 g/mol. The molecular weight excluding hydrogens is 266 g/mol. The molecule has 0 fully saturated rings. The molecule has 1 aromatic carbocycles. The maximum absolute atomic E-state index is 11.7. The summed E-state index contributed by atoms with van der Waals surface area (Å²) in [7, 11) is 0. The molecule has 21 heavy (non-hydrogen) atoms. The van der Waals surface area contributed by atoms with E-state index in [0.29, 0.717) is 25.9 Å². The molecule has 0 aliphatic heterocycles. The first-order valence-electron chi connectivity index (χ1n) is 7.30. The Bertz CT molecular complexity index is 457. The molecular formula is C16H25N3O2. The molecule has 116 valence electrons. The molecule has 0 saturated heterocycles. The number of rotatable bonds is 8. The Morgan fingerprint density at radius 1 is 1.14 bits per heavy atom. The van der Waals surface area contributed by atoms with Gasteiger partial charge in [0.1, 0.15) is 0 Å². The zero-order chi connectivity index (χ0) is 15.7. The highest BCUT2D eigenvalue weighted by Gasteiger charge is 2.07. The number of benzene rings is 1. The van der Waals surface area contributed by atoms with Crippen LogP contribution in [0, 0.1) is 12.8 Å². The standard InChI is InChI=1S/C16H25N3O2/c1-12-3-5-14(6-4-12)7-8-15(20)19-11-16(21)18-10-13(2)9-17/h3-6,13H,7-11,17H2,1-2H3,(H,18,21)(H,19,20). The lowest BCUT2D eigenvalue weighted by molar-refractivity contribution is -0.126. The van der Waals surface area contributed by atoms with Crippen molar-refractivity contribution in [3.63, 3.8) is 0 Å². The lowest BCUT2D eigenvalue weighted by Gasteiger charge is -2.10. The highest BCUT2D eigenvalue weighted by molar-refractivity contribution is 5.84. The third kappa shape index (κ3) is 7.46. The Morgan fingerprint density at radius 2 is 1.81 bits per heavy atom. The third-order valence-electron chi connectivity index (χ3n) is 3.26. The first-order valence-corrected chi connectivity index (χ1v) is 7.30. The Balaban J connectivity index is 2.19. The van der Waals surface area contributed by atoms with Crippen LogP contribution >= 0.6 is 0 Å². The predicted molar refractivity (Wildman–Crippen MR) is 83.7 cm³/mol. The number of carbonyl (C=O) groups excluding carboxylic acids is 2. The zero-order valence-electron chi connectivity index (χ0n) is 12.8. The van der Waals surface area contributed by atoms with Gasteiger partial charge in [0.05, 0.1) is 6.54 Å². The van der Waals surface area contributed by atoms with Gasteiger partial charge >= 0.3 is 0 Å². The van der Waals surface area contributed by atoms with Crippen LogP contribution < -0.4 is 16.4 Å². The fourth-order valence-electron chi connectivity index (χ4n) is 1.71. The molecule has 0 aromatic heterocycles. The summed E-state index contributed by atoms with van der Waals surface area (Å²) < 4.78 is 0. The van der Waals surface area contributed by atoms with Crippen LogP contribution in [-0.4, -0.2) is 31.4 Å². The van der Waals surface area contributed by atoms with Crippen molar-refractivity contribution >= 4 is 11.8 Å².